The van der Waals surface area contributed by atoms with Gasteiger partial charge < -0.3 is 0 Å². The fourth-order valence-electron chi connectivity index (χ4n) is 2.23. The molecule has 0 atom stereocenters. The molecule has 0 aliphatic rings. The van der Waals surface area contributed by atoms with E-state index in [0.717, 1.165) is 16.9 Å². The van der Waals surface area contributed by atoms with Crippen LogP contribution in [0.5, 0.6) is 0 Å². The van der Waals surface area contributed by atoms with E-state index < -0.39 is 10.0 Å². The van der Waals surface area contributed by atoms with E-state index in [0.29, 0.717) is 16.9 Å². The van der Waals surface area contributed by atoms with Gasteiger partial charge in [-0.15, -0.1) is 0 Å². The van der Waals surface area contributed by atoms with Crippen molar-refractivity contribution in [3.05, 3.63) is 58.2 Å². The second-order valence-corrected chi connectivity index (χ2v) is 7.39. The number of fused-ring (bicyclic) bond motifs is 1. The van der Waals surface area contributed by atoms with Crippen LogP contribution in [0.2, 0.25) is 0 Å². The Hall–Kier alpha value is -2.12. The molecule has 0 radical (unpaired) electrons. The van der Waals surface area contributed by atoms with Crippen LogP contribution >= 0.6 is 11.3 Å². The van der Waals surface area contributed by atoms with Crippen LogP contribution in [0, 0.1) is 0 Å². The minimum Gasteiger partial charge on any atom is -0.299 e. The van der Waals surface area contributed by atoms with Gasteiger partial charge in [0.2, 0.25) is 0 Å². The minimum absolute atomic E-state index is 0.0805. The van der Waals surface area contributed by atoms with E-state index in [4.69, 9.17) is 0 Å². The number of rotatable bonds is 4. The van der Waals surface area contributed by atoms with Crippen LogP contribution in [0.1, 0.15) is 6.92 Å². The van der Waals surface area contributed by atoms with Crippen molar-refractivity contribution in [1.29, 1.82) is 0 Å². The van der Waals surface area contributed by atoms with Gasteiger partial charge in [0.15, 0.2) is 0 Å². The summed E-state index contributed by atoms with van der Waals surface area (Å²) < 4.78 is 29.7. The molecule has 0 unspecified atom stereocenters. The topological polar surface area (TPSA) is 68.2 Å². The number of hydrogen-bond acceptors (Lipinski definition) is 4. The van der Waals surface area contributed by atoms with Crippen molar-refractivity contribution in [1.82, 2.24) is 4.57 Å². The maximum absolute atomic E-state index is 12.4. The molecule has 3 rings (SSSR count). The molecule has 3 aromatic rings. The lowest BCUT2D eigenvalue weighted by molar-refractivity contribution is 0.601. The highest BCUT2D eigenvalue weighted by molar-refractivity contribution is 7.92. The summed E-state index contributed by atoms with van der Waals surface area (Å²) in [6, 6.07) is 13.4. The largest absolute Gasteiger partial charge is 0.308 e. The summed E-state index contributed by atoms with van der Waals surface area (Å²) in [6.07, 6.45) is 0. The number of aryl methyl sites for hydroxylation is 1. The van der Waals surface area contributed by atoms with E-state index in [9.17, 15) is 13.2 Å². The first kappa shape index (κ1) is 14.8. The summed E-state index contributed by atoms with van der Waals surface area (Å²) >= 11 is 1.06. The average Bonchev–Trinajstić information content (AvgIpc) is 2.82. The lowest BCUT2D eigenvalue weighted by Gasteiger charge is -2.08. The summed E-state index contributed by atoms with van der Waals surface area (Å²) in [4.78, 5) is 11.9. The van der Waals surface area contributed by atoms with E-state index in [-0.39, 0.29) is 9.77 Å². The maximum atomic E-state index is 12.4. The maximum Gasteiger partial charge on any atom is 0.308 e. The summed E-state index contributed by atoms with van der Waals surface area (Å²) in [7, 11) is -3.67. The van der Waals surface area contributed by atoms with E-state index in [1.165, 1.54) is 6.07 Å². The number of thiazole rings is 1. The van der Waals surface area contributed by atoms with Gasteiger partial charge in [0.25, 0.3) is 10.0 Å². The van der Waals surface area contributed by atoms with Crippen molar-refractivity contribution < 1.29 is 8.42 Å². The lowest BCUT2D eigenvalue weighted by atomic mass is 10.3. The molecule has 0 saturated heterocycles. The number of hydrogen-bond donors (Lipinski definition) is 1. The highest BCUT2D eigenvalue weighted by Crippen LogP contribution is 2.23. The molecule has 0 amide bonds. The zero-order valence-electron chi connectivity index (χ0n) is 11.8. The fourth-order valence-corrected chi connectivity index (χ4v) is 4.39. The smallest absolute Gasteiger partial charge is 0.299 e. The number of nitrogens with one attached hydrogen (secondary N) is 1. The molecule has 7 heteroatoms. The SMILES string of the molecule is CCn1c(=O)sc2cc(S(=O)(=O)Nc3ccccc3)ccc21. The van der Waals surface area contributed by atoms with E-state index in [1.54, 1.807) is 41.0 Å². The molecule has 0 fully saturated rings. The van der Waals surface area contributed by atoms with Crippen LogP contribution < -0.4 is 9.60 Å². The Morgan fingerprint density at radius 1 is 1.14 bits per heavy atom. The summed E-state index contributed by atoms with van der Waals surface area (Å²) in [5.74, 6) is 0. The lowest BCUT2D eigenvalue weighted by Crippen LogP contribution is -2.13. The molecule has 1 heterocycles. The van der Waals surface area contributed by atoms with Crippen LogP contribution in [0.25, 0.3) is 10.2 Å². The van der Waals surface area contributed by atoms with Gasteiger partial charge in [0.05, 0.1) is 15.1 Å². The second kappa shape index (κ2) is 5.58. The van der Waals surface area contributed by atoms with Crippen molar-refractivity contribution in [2.75, 3.05) is 4.72 Å². The monoisotopic (exact) mass is 334 g/mol. The Morgan fingerprint density at radius 3 is 2.55 bits per heavy atom. The molecule has 22 heavy (non-hydrogen) atoms. The van der Waals surface area contributed by atoms with Crippen molar-refractivity contribution in [2.24, 2.45) is 0 Å². The van der Waals surface area contributed by atoms with Gasteiger partial charge in [-0.25, -0.2) is 8.42 Å². The Balaban J connectivity index is 2.04. The van der Waals surface area contributed by atoms with Gasteiger partial charge in [-0.2, -0.15) is 0 Å². The molecule has 0 spiro atoms. The number of para-hydroxylation sites is 1. The Labute approximate surface area is 131 Å². The van der Waals surface area contributed by atoms with Crippen LogP contribution in [0.4, 0.5) is 5.69 Å². The van der Waals surface area contributed by atoms with Gasteiger partial charge in [0, 0.05) is 12.2 Å². The highest BCUT2D eigenvalue weighted by Gasteiger charge is 2.16. The third kappa shape index (κ3) is 2.65. The van der Waals surface area contributed by atoms with Gasteiger partial charge >= 0.3 is 4.87 Å². The molecular formula is C15H14N2O3S2. The first-order valence-corrected chi connectivity index (χ1v) is 9.02. The van der Waals surface area contributed by atoms with Crippen molar-refractivity contribution in [2.45, 2.75) is 18.4 Å². The molecule has 0 aliphatic heterocycles. The predicted molar refractivity (Wildman–Crippen MR) is 89.0 cm³/mol. The van der Waals surface area contributed by atoms with Crippen molar-refractivity contribution >= 4 is 37.3 Å². The van der Waals surface area contributed by atoms with Gasteiger partial charge in [-0.05, 0) is 37.3 Å². The molecule has 1 N–H and O–H groups in total. The number of benzene rings is 2. The zero-order chi connectivity index (χ0) is 15.7. The molecule has 5 nitrogen and oxygen atoms in total. The van der Waals surface area contributed by atoms with Crippen LogP contribution in [0.15, 0.2) is 58.2 Å². The third-order valence-electron chi connectivity index (χ3n) is 3.29. The molecule has 0 aliphatic carbocycles. The normalized spacial score (nSPS) is 11.7. The van der Waals surface area contributed by atoms with Crippen molar-refractivity contribution in [3.63, 3.8) is 0 Å². The number of nitrogens with zero attached hydrogens (tertiary/aromatic N) is 1. The Kier molecular flexibility index (Phi) is 3.76. The van der Waals surface area contributed by atoms with Gasteiger partial charge in [0.1, 0.15) is 0 Å². The second-order valence-electron chi connectivity index (χ2n) is 4.71. The first-order valence-electron chi connectivity index (χ1n) is 6.72. The predicted octanol–water partition coefficient (Wildman–Crippen LogP) is 2.88. The highest BCUT2D eigenvalue weighted by atomic mass is 32.2. The molecular weight excluding hydrogens is 320 g/mol. The molecule has 1 aromatic heterocycles. The van der Waals surface area contributed by atoms with Crippen molar-refractivity contribution in [3.8, 4) is 0 Å². The van der Waals surface area contributed by atoms with Gasteiger partial charge in [-0.3, -0.25) is 14.1 Å². The van der Waals surface area contributed by atoms with Gasteiger partial charge in [-0.1, -0.05) is 29.5 Å². The molecule has 0 saturated carbocycles. The molecule has 114 valence electrons. The third-order valence-corrected chi connectivity index (χ3v) is 5.61. The quantitative estimate of drug-likeness (QED) is 0.798. The number of anilines is 1. The number of sulfonamides is 1. The number of aromatic nitrogens is 1. The average molecular weight is 334 g/mol. The first-order chi connectivity index (χ1) is 10.5. The molecule has 2 aromatic carbocycles. The molecule has 0 bridgehead atoms. The van der Waals surface area contributed by atoms with E-state index in [2.05, 4.69) is 4.72 Å². The Morgan fingerprint density at radius 2 is 1.86 bits per heavy atom. The minimum atomic E-state index is -3.67. The zero-order valence-corrected chi connectivity index (χ0v) is 13.4. The summed E-state index contributed by atoms with van der Waals surface area (Å²) in [5, 5.41) is 0. The summed E-state index contributed by atoms with van der Waals surface area (Å²) in [5.41, 5.74) is 1.26. The fraction of sp³-hybridized carbons (Fsp3) is 0.133. The van der Waals surface area contributed by atoms with Crippen LogP contribution in [-0.4, -0.2) is 13.0 Å². The van der Waals surface area contributed by atoms with E-state index in [1.807, 2.05) is 13.0 Å². The van der Waals surface area contributed by atoms with E-state index >= 15 is 0 Å². The van der Waals surface area contributed by atoms with Crippen LogP contribution in [-0.2, 0) is 16.6 Å². The summed E-state index contributed by atoms with van der Waals surface area (Å²) in [6.45, 7) is 2.45. The Bertz CT molecular complexity index is 973. The van der Waals surface area contributed by atoms with Crippen LogP contribution in [0.3, 0.4) is 0 Å². The standard InChI is InChI=1S/C15H14N2O3S2/c1-2-17-13-9-8-12(10-14(13)21-15(17)18)22(19,20)16-11-6-4-3-5-7-11/h3-10,16H,2H2,1H3.